The minimum Gasteiger partial charge on any atom is -0.458 e. The Bertz CT molecular complexity index is 845. The van der Waals surface area contributed by atoms with Gasteiger partial charge in [-0.3, -0.25) is 4.79 Å². The zero-order valence-electron chi connectivity index (χ0n) is 19.4. The van der Waals surface area contributed by atoms with Gasteiger partial charge in [0.25, 0.3) is 0 Å². The van der Waals surface area contributed by atoms with Crippen molar-refractivity contribution >= 4 is 11.8 Å². The van der Waals surface area contributed by atoms with Crippen molar-refractivity contribution in [2.75, 3.05) is 6.61 Å². The van der Waals surface area contributed by atoms with Gasteiger partial charge in [-0.25, -0.2) is 4.79 Å². The maximum Gasteiger partial charge on any atom is 0.331 e. The Balaban J connectivity index is 1.53. The zero-order valence-corrected chi connectivity index (χ0v) is 19.4. The molecule has 0 aromatic heterocycles. The third kappa shape index (κ3) is 2.88. The van der Waals surface area contributed by atoms with Crippen LogP contribution in [0, 0.1) is 40.4 Å². The molecule has 31 heavy (non-hydrogen) atoms. The highest BCUT2D eigenvalue weighted by molar-refractivity contribution is 5.86. The van der Waals surface area contributed by atoms with Crippen LogP contribution in [0.25, 0.3) is 0 Å². The molecule has 1 heterocycles. The van der Waals surface area contributed by atoms with Crippen molar-refractivity contribution in [3.63, 3.8) is 0 Å². The van der Waals surface area contributed by atoms with E-state index in [1.54, 1.807) is 13.0 Å². The van der Waals surface area contributed by atoms with Crippen molar-refractivity contribution < 1.29 is 24.5 Å². The number of hydrogen-bond acceptors (Lipinski definition) is 5. The molecule has 0 unspecified atom stereocenters. The SMILES string of the molecule is CC(=O)[C@H]1C[C@]2(O)[C@@H]3CC[C@@H]4C[C@](C)(O)CC[C@]4(C)[C@H]3CC[C@]2(C)[C@H]1C1=CC(=O)OC1. The molecule has 172 valence electrons. The number of carbonyl (C=O) groups excluding carboxylic acids is 2. The van der Waals surface area contributed by atoms with Crippen LogP contribution in [-0.4, -0.2) is 39.8 Å². The molecule has 0 radical (unpaired) electrons. The van der Waals surface area contributed by atoms with Crippen LogP contribution in [0.1, 0.15) is 79.1 Å². The van der Waals surface area contributed by atoms with Crippen molar-refractivity contribution in [3.8, 4) is 0 Å². The lowest BCUT2D eigenvalue weighted by Crippen LogP contribution is -2.62. The molecule has 4 fully saturated rings. The van der Waals surface area contributed by atoms with Gasteiger partial charge in [0.05, 0.1) is 11.2 Å². The topological polar surface area (TPSA) is 83.8 Å². The number of cyclic esters (lactones) is 1. The predicted octanol–water partition coefficient (Wildman–Crippen LogP) is 3.81. The van der Waals surface area contributed by atoms with E-state index < -0.39 is 16.6 Å². The highest BCUT2D eigenvalue weighted by Gasteiger charge is 2.70. The van der Waals surface area contributed by atoms with Gasteiger partial charge < -0.3 is 14.9 Å². The van der Waals surface area contributed by atoms with Crippen molar-refractivity contribution in [3.05, 3.63) is 11.6 Å². The van der Waals surface area contributed by atoms with Crippen LogP contribution in [0.15, 0.2) is 11.6 Å². The summed E-state index contributed by atoms with van der Waals surface area (Å²) >= 11 is 0. The van der Waals surface area contributed by atoms with E-state index in [0.717, 1.165) is 50.5 Å². The summed E-state index contributed by atoms with van der Waals surface area (Å²) in [5.74, 6) is 0.483. The number of aliphatic hydroxyl groups is 2. The second-order valence-corrected chi connectivity index (χ2v) is 12.3. The zero-order chi connectivity index (χ0) is 22.4. The highest BCUT2D eigenvalue weighted by atomic mass is 16.5. The molecular formula is C26H38O5. The molecule has 5 rings (SSSR count). The molecule has 5 aliphatic rings. The molecule has 9 atom stereocenters. The largest absolute Gasteiger partial charge is 0.458 e. The average molecular weight is 431 g/mol. The lowest BCUT2D eigenvalue weighted by molar-refractivity contribution is -0.213. The maximum atomic E-state index is 12.8. The summed E-state index contributed by atoms with van der Waals surface area (Å²) in [6, 6.07) is 0. The molecule has 2 N–H and O–H groups in total. The van der Waals surface area contributed by atoms with Crippen LogP contribution in [-0.2, 0) is 14.3 Å². The van der Waals surface area contributed by atoms with Crippen LogP contribution in [0.3, 0.4) is 0 Å². The molecule has 5 heteroatoms. The lowest BCUT2D eigenvalue weighted by atomic mass is 9.42. The Morgan fingerprint density at radius 3 is 2.42 bits per heavy atom. The number of esters is 1. The van der Waals surface area contributed by atoms with Crippen LogP contribution in [0.5, 0.6) is 0 Å². The molecule has 0 saturated heterocycles. The quantitative estimate of drug-likeness (QED) is 0.651. The molecule has 1 aliphatic heterocycles. The molecule has 5 nitrogen and oxygen atoms in total. The molecular weight excluding hydrogens is 392 g/mol. The second-order valence-electron chi connectivity index (χ2n) is 12.3. The number of ketones is 1. The summed E-state index contributed by atoms with van der Waals surface area (Å²) < 4.78 is 5.23. The van der Waals surface area contributed by atoms with Gasteiger partial charge in [0.2, 0.25) is 0 Å². The second kappa shape index (κ2) is 6.66. The summed E-state index contributed by atoms with van der Waals surface area (Å²) in [7, 11) is 0. The van der Waals surface area contributed by atoms with Crippen LogP contribution in [0.4, 0.5) is 0 Å². The number of carbonyl (C=O) groups is 2. The number of Topliss-reactive ketones (excluding diaryl/α,β-unsaturated/α-hetero) is 1. The van der Waals surface area contributed by atoms with E-state index in [1.807, 2.05) is 6.92 Å². The van der Waals surface area contributed by atoms with Gasteiger partial charge in [-0.05, 0) is 94.0 Å². The normalized spacial score (nSPS) is 53.8. The van der Waals surface area contributed by atoms with Gasteiger partial charge in [-0.1, -0.05) is 13.8 Å². The minimum atomic E-state index is -0.905. The van der Waals surface area contributed by atoms with Crippen molar-refractivity contribution in [1.29, 1.82) is 0 Å². The first-order valence-electron chi connectivity index (χ1n) is 12.2. The van der Waals surface area contributed by atoms with E-state index in [-0.39, 0.29) is 41.5 Å². The third-order valence-corrected chi connectivity index (χ3v) is 10.8. The fourth-order valence-corrected chi connectivity index (χ4v) is 9.09. The van der Waals surface area contributed by atoms with Crippen LogP contribution >= 0.6 is 0 Å². The summed E-state index contributed by atoms with van der Waals surface area (Å²) in [6.07, 6.45) is 8.65. The smallest absolute Gasteiger partial charge is 0.331 e. The highest BCUT2D eigenvalue weighted by Crippen LogP contribution is 2.71. The third-order valence-electron chi connectivity index (χ3n) is 10.8. The summed E-state index contributed by atoms with van der Waals surface area (Å²) in [5, 5.41) is 23.1. The van der Waals surface area contributed by atoms with Crippen molar-refractivity contribution in [2.24, 2.45) is 40.4 Å². The van der Waals surface area contributed by atoms with E-state index in [1.165, 1.54) is 0 Å². The summed E-state index contributed by atoms with van der Waals surface area (Å²) in [4.78, 5) is 24.6. The van der Waals surface area contributed by atoms with E-state index in [9.17, 15) is 19.8 Å². The van der Waals surface area contributed by atoms with Crippen molar-refractivity contribution in [1.82, 2.24) is 0 Å². The Morgan fingerprint density at radius 1 is 1.03 bits per heavy atom. The monoisotopic (exact) mass is 430 g/mol. The van der Waals surface area contributed by atoms with Gasteiger partial charge in [-0.2, -0.15) is 0 Å². The predicted molar refractivity (Wildman–Crippen MR) is 116 cm³/mol. The van der Waals surface area contributed by atoms with Gasteiger partial charge in [0.15, 0.2) is 0 Å². The number of ether oxygens (including phenoxy) is 1. The fraction of sp³-hybridized carbons (Fsp3) is 0.846. The van der Waals surface area contributed by atoms with E-state index in [0.29, 0.717) is 18.3 Å². The number of fused-ring (bicyclic) bond motifs is 5. The first-order valence-corrected chi connectivity index (χ1v) is 12.2. The Labute approximate surface area is 185 Å². The van der Waals surface area contributed by atoms with Crippen LogP contribution in [0.2, 0.25) is 0 Å². The van der Waals surface area contributed by atoms with Crippen molar-refractivity contribution in [2.45, 2.75) is 90.3 Å². The first kappa shape index (κ1) is 21.6. The standard InChI is InChI=1S/C26H38O5/c1-15(27)18-13-26(30)20-6-5-17-12-23(2,29)9-10-24(17,3)19(20)7-8-25(26,4)22(18)16-11-21(28)31-14-16/h11,17-20,22,29-30H,5-10,12-14H2,1-4H3/t17-,18-,19+,20-,22+,23-,24+,25-,26+/m1/s1. The average Bonchev–Trinajstić information content (AvgIpc) is 3.20. The minimum absolute atomic E-state index is 0.111. The van der Waals surface area contributed by atoms with Crippen LogP contribution < -0.4 is 0 Å². The number of rotatable bonds is 2. The van der Waals surface area contributed by atoms with Gasteiger partial charge in [-0.15, -0.1) is 0 Å². The maximum absolute atomic E-state index is 12.8. The molecule has 0 spiro atoms. The molecule has 0 bridgehead atoms. The van der Waals surface area contributed by atoms with E-state index >= 15 is 0 Å². The first-order chi connectivity index (χ1) is 14.4. The Kier molecular flexibility index (Phi) is 4.65. The van der Waals surface area contributed by atoms with Gasteiger partial charge >= 0.3 is 5.97 Å². The number of hydrogen-bond donors (Lipinski definition) is 2. The summed E-state index contributed by atoms with van der Waals surface area (Å²) in [5.41, 5.74) is -0.866. The fourth-order valence-electron chi connectivity index (χ4n) is 9.09. The molecule has 0 aromatic rings. The van der Waals surface area contributed by atoms with Gasteiger partial charge in [0, 0.05) is 23.3 Å². The van der Waals surface area contributed by atoms with E-state index in [2.05, 4.69) is 13.8 Å². The Morgan fingerprint density at radius 2 is 1.77 bits per heavy atom. The Hall–Kier alpha value is -1.20. The molecule has 0 aromatic carbocycles. The lowest BCUT2D eigenvalue weighted by Gasteiger charge is -2.64. The summed E-state index contributed by atoms with van der Waals surface area (Å²) in [6.45, 7) is 8.43. The molecule has 4 saturated carbocycles. The molecule has 4 aliphatic carbocycles. The molecule has 0 amide bonds. The van der Waals surface area contributed by atoms with E-state index in [4.69, 9.17) is 4.74 Å². The van der Waals surface area contributed by atoms with Gasteiger partial charge in [0.1, 0.15) is 12.4 Å².